The molecule has 2 N–H and O–H groups in total. The van der Waals surface area contributed by atoms with Crippen LogP contribution in [0.1, 0.15) is 39.5 Å². The number of likely N-dealkylation sites (tertiary alicyclic amines) is 1. The number of fused-ring (bicyclic) bond motifs is 2. The Bertz CT molecular complexity index is 567. The molecule has 0 aromatic carbocycles. The van der Waals surface area contributed by atoms with Crippen LogP contribution in [0.15, 0.2) is 47.0 Å². The molecule has 1 saturated heterocycles. The Kier molecular flexibility index (Phi) is 4.81. The highest BCUT2D eigenvalue weighted by Gasteiger charge is 2.40. The Hall–Kier alpha value is -1.68. The van der Waals surface area contributed by atoms with Gasteiger partial charge in [-0.2, -0.15) is 0 Å². The molecule has 1 fully saturated rings. The fourth-order valence-corrected chi connectivity index (χ4v) is 4.07. The maximum atomic E-state index is 10.4. The molecule has 0 aromatic heterocycles. The number of hydrogen-bond acceptors (Lipinski definition) is 4. The smallest absolute Gasteiger partial charge is 0.157 e. The van der Waals surface area contributed by atoms with Gasteiger partial charge in [0.1, 0.15) is 5.76 Å². The summed E-state index contributed by atoms with van der Waals surface area (Å²) in [5, 5.41) is 14.0. The minimum absolute atomic E-state index is 0.247. The first kappa shape index (κ1) is 16.2. The maximum absolute atomic E-state index is 10.4. The van der Waals surface area contributed by atoms with Crippen molar-refractivity contribution < 1.29 is 5.11 Å². The SMILES string of the molecule is CC.CN1C2=C(C=C(O)C3=CC=CCCC32)NC1N1CCCC1. The van der Waals surface area contributed by atoms with Gasteiger partial charge >= 0.3 is 0 Å². The van der Waals surface area contributed by atoms with E-state index in [2.05, 4.69) is 40.4 Å². The average Bonchev–Trinajstić information content (AvgIpc) is 3.11. The van der Waals surface area contributed by atoms with Gasteiger partial charge in [0.25, 0.3) is 0 Å². The van der Waals surface area contributed by atoms with E-state index < -0.39 is 0 Å². The molecule has 2 atom stereocenters. The topological polar surface area (TPSA) is 38.7 Å². The number of aliphatic hydroxyl groups is 1. The van der Waals surface area contributed by atoms with Gasteiger partial charge in [0, 0.05) is 43.4 Å². The monoisotopic (exact) mass is 315 g/mol. The third-order valence-corrected chi connectivity index (χ3v) is 5.11. The summed E-state index contributed by atoms with van der Waals surface area (Å²) >= 11 is 0. The number of rotatable bonds is 1. The zero-order chi connectivity index (χ0) is 16.4. The van der Waals surface area contributed by atoms with Crippen molar-refractivity contribution in [3.63, 3.8) is 0 Å². The van der Waals surface area contributed by atoms with Gasteiger partial charge in [-0.25, -0.2) is 0 Å². The Morgan fingerprint density at radius 3 is 2.70 bits per heavy atom. The summed E-state index contributed by atoms with van der Waals surface area (Å²) in [7, 11) is 2.18. The molecule has 23 heavy (non-hydrogen) atoms. The fourth-order valence-electron chi connectivity index (χ4n) is 4.07. The van der Waals surface area contributed by atoms with Crippen LogP contribution in [0.4, 0.5) is 0 Å². The lowest BCUT2D eigenvalue weighted by molar-refractivity contribution is 0.102. The molecule has 0 amide bonds. The maximum Gasteiger partial charge on any atom is 0.157 e. The summed E-state index contributed by atoms with van der Waals surface area (Å²) in [4.78, 5) is 4.88. The van der Waals surface area contributed by atoms with Gasteiger partial charge in [-0.15, -0.1) is 0 Å². The Morgan fingerprint density at radius 1 is 1.22 bits per heavy atom. The van der Waals surface area contributed by atoms with Gasteiger partial charge in [-0.3, -0.25) is 4.90 Å². The van der Waals surface area contributed by atoms with Crippen LogP contribution < -0.4 is 5.32 Å². The molecule has 4 aliphatic rings. The van der Waals surface area contributed by atoms with E-state index in [0.717, 1.165) is 37.2 Å². The molecular formula is C19H29N3O. The van der Waals surface area contributed by atoms with Gasteiger partial charge < -0.3 is 15.3 Å². The largest absolute Gasteiger partial charge is 0.508 e. The average molecular weight is 315 g/mol. The fraction of sp³-hybridized carbons (Fsp3) is 0.579. The van der Waals surface area contributed by atoms with Gasteiger partial charge in [0.15, 0.2) is 6.29 Å². The molecule has 4 nitrogen and oxygen atoms in total. The molecule has 0 bridgehead atoms. The van der Waals surface area contributed by atoms with Crippen molar-refractivity contribution in [2.45, 2.75) is 45.8 Å². The molecule has 2 heterocycles. The molecule has 2 aliphatic carbocycles. The van der Waals surface area contributed by atoms with E-state index >= 15 is 0 Å². The van der Waals surface area contributed by atoms with Crippen LogP contribution in [0.5, 0.6) is 0 Å². The normalized spacial score (nSPS) is 29.8. The van der Waals surface area contributed by atoms with Crippen LogP contribution in [0, 0.1) is 5.92 Å². The standard InChI is InChI=1S/C17H23N3O.C2H6/c1-19-16-13-8-4-2-3-7-12(13)15(21)11-14(16)18-17(19)20-9-5-6-10-20;1-2/h2-3,7,11,13,17-18,21H,4-6,8-10H2,1H3;1-2H3. The molecule has 2 unspecified atom stereocenters. The molecule has 0 aromatic rings. The minimum atomic E-state index is 0.247. The summed E-state index contributed by atoms with van der Waals surface area (Å²) in [6.45, 7) is 6.32. The second-order valence-corrected chi connectivity index (χ2v) is 6.38. The lowest BCUT2D eigenvalue weighted by Crippen LogP contribution is -2.49. The van der Waals surface area contributed by atoms with Crippen LogP contribution in [0.3, 0.4) is 0 Å². The van der Waals surface area contributed by atoms with E-state index in [1.54, 1.807) is 0 Å². The Balaban J connectivity index is 0.000000753. The molecule has 2 aliphatic heterocycles. The van der Waals surface area contributed by atoms with Gasteiger partial charge in [0.2, 0.25) is 0 Å². The highest BCUT2D eigenvalue weighted by Crippen LogP contribution is 2.41. The van der Waals surface area contributed by atoms with Gasteiger partial charge in [-0.05, 0) is 25.7 Å². The predicted molar refractivity (Wildman–Crippen MR) is 94.5 cm³/mol. The van der Waals surface area contributed by atoms with Crippen molar-refractivity contribution in [3.8, 4) is 0 Å². The summed E-state index contributed by atoms with van der Waals surface area (Å²) < 4.78 is 0. The van der Waals surface area contributed by atoms with Crippen molar-refractivity contribution in [2.75, 3.05) is 20.1 Å². The molecule has 0 radical (unpaired) electrons. The number of aliphatic hydroxyl groups excluding tert-OH is 1. The van der Waals surface area contributed by atoms with E-state index in [-0.39, 0.29) is 6.29 Å². The number of nitrogens with zero attached hydrogens (tertiary/aromatic N) is 2. The zero-order valence-electron chi connectivity index (χ0n) is 14.5. The second kappa shape index (κ2) is 6.83. The van der Waals surface area contributed by atoms with Crippen molar-refractivity contribution >= 4 is 0 Å². The molecule has 4 heteroatoms. The lowest BCUT2D eigenvalue weighted by Gasteiger charge is -2.34. The highest BCUT2D eigenvalue weighted by atomic mass is 16.3. The summed E-state index contributed by atoms with van der Waals surface area (Å²) in [5.41, 5.74) is 3.52. The van der Waals surface area contributed by atoms with Crippen LogP contribution in [0.25, 0.3) is 0 Å². The molecule has 4 rings (SSSR count). The number of nitrogens with one attached hydrogen (secondary N) is 1. The van der Waals surface area contributed by atoms with E-state index in [4.69, 9.17) is 0 Å². The van der Waals surface area contributed by atoms with Crippen LogP contribution in [-0.4, -0.2) is 41.3 Å². The lowest BCUT2D eigenvalue weighted by atomic mass is 9.85. The first-order valence-corrected chi connectivity index (χ1v) is 9.01. The highest BCUT2D eigenvalue weighted by molar-refractivity contribution is 5.49. The first-order valence-electron chi connectivity index (χ1n) is 9.01. The van der Waals surface area contributed by atoms with E-state index in [0.29, 0.717) is 11.7 Å². The van der Waals surface area contributed by atoms with Gasteiger partial charge in [0.05, 0.1) is 5.70 Å². The summed E-state index contributed by atoms with van der Waals surface area (Å²) in [5.74, 6) is 0.735. The van der Waals surface area contributed by atoms with Crippen molar-refractivity contribution in [1.29, 1.82) is 0 Å². The van der Waals surface area contributed by atoms with Crippen LogP contribution in [-0.2, 0) is 0 Å². The second-order valence-electron chi connectivity index (χ2n) is 6.38. The minimum Gasteiger partial charge on any atom is -0.508 e. The van der Waals surface area contributed by atoms with Crippen molar-refractivity contribution in [2.24, 2.45) is 5.92 Å². The molecular weight excluding hydrogens is 286 g/mol. The van der Waals surface area contributed by atoms with E-state index in [1.165, 1.54) is 18.5 Å². The summed E-state index contributed by atoms with van der Waals surface area (Å²) in [6, 6.07) is 0. The third-order valence-electron chi connectivity index (χ3n) is 5.11. The Labute approximate surface area is 139 Å². The number of hydrogen-bond donors (Lipinski definition) is 2. The van der Waals surface area contributed by atoms with Gasteiger partial charge in [-0.1, -0.05) is 32.1 Å². The molecule has 126 valence electrons. The quantitative estimate of drug-likeness (QED) is 0.777. The third kappa shape index (κ3) is 2.80. The van der Waals surface area contributed by atoms with E-state index in [1.807, 2.05) is 19.9 Å². The predicted octanol–water partition coefficient (Wildman–Crippen LogP) is 3.49. The van der Waals surface area contributed by atoms with Crippen molar-refractivity contribution in [3.05, 3.63) is 47.0 Å². The van der Waals surface area contributed by atoms with Crippen LogP contribution >= 0.6 is 0 Å². The zero-order valence-corrected chi connectivity index (χ0v) is 14.5. The van der Waals surface area contributed by atoms with E-state index in [9.17, 15) is 5.11 Å². The van der Waals surface area contributed by atoms with Crippen LogP contribution in [0.2, 0.25) is 0 Å². The summed E-state index contributed by atoms with van der Waals surface area (Å²) in [6.07, 6.45) is 13.2. The number of allylic oxidation sites excluding steroid dienone is 6. The van der Waals surface area contributed by atoms with Crippen molar-refractivity contribution in [1.82, 2.24) is 15.1 Å². The Morgan fingerprint density at radius 2 is 1.96 bits per heavy atom. The first-order chi connectivity index (χ1) is 11.3. The molecule has 0 spiro atoms. The molecule has 0 saturated carbocycles.